The third kappa shape index (κ3) is 2.32. The molecule has 0 spiro atoms. The molecule has 0 radical (unpaired) electrons. The number of aromatic amines is 1. The van der Waals surface area contributed by atoms with E-state index in [1.54, 1.807) is 35.5 Å². The van der Waals surface area contributed by atoms with Crippen LogP contribution in [-0.2, 0) is 6.42 Å². The summed E-state index contributed by atoms with van der Waals surface area (Å²) in [6.45, 7) is 0.519. The van der Waals surface area contributed by atoms with Gasteiger partial charge in [0, 0.05) is 24.0 Å². The maximum absolute atomic E-state index is 13.1. The topological polar surface area (TPSA) is 87.9 Å². The summed E-state index contributed by atoms with van der Waals surface area (Å²) in [5.41, 5.74) is 10.00. The van der Waals surface area contributed by atoms with Gasteiger partial charge < -0.3 is 10.6 Å². The molecule has 1 amide bonds. The van der Waals surface area contributed by atoms with Crippen LogP contribution in [0.4, 0.5) is 11.4 Å². The van der Waals surface area contributed by atoms with Gasteiger partial charge in [-0.05, 0) is 36.8 Å². The Morgan fingerprint density at radius 2 is 2.21 bits per heavy atom. The fourth-order valence-electron chi connectivity index (χ4n) is 2.93. The summed E-state index contributed by atoms with van der Waals surface area (Å²) in [6.07, 6.45) is 4.16. The third-order valence-corrected chi connectivity index (χ3v) is 4.42. The Kier molecular flexibility index (Phi) is 3.46. The van der Waals surface area contributed by atoms with Gasteiger partial charge in [-0.15, -0.1) is 0 Å². The van der Waals surface area contributed by atoms with Crippen LogP contribution in [0.25, 0.3) is 11.4 Å². The molecule has 0 saturated heterocycles. The number of carbonyl (C=O) groups excluding carboxylic acids is 1. The first kappa shape index (κ1) is 14.7. The van der Waals surface area contributed by atoms with Gasteiger partial charge in [0.15, 0.2) is 0 Å². The maximum atomic E-state index is 13.1. The number of nitrogens with zero attached hydrogens (tertiary/aromatic N) is 3. The molecule has 7 heteroatoms. The maximum Gasteiger partial charge on any atom is 0.259 e. The summed E-state index contributed by atoms with van der Waals surface area (Å²) >= 11 is 6.22. The highest BCUT2D eigenvalue weighted by Gasteiger charge is 2.27. The number of rotatable bonds is 1. The van der Waals surface area contributed by atoms with Crippen LogP contribution >= 0.6 is 11.6 Å². The molecule has 1 aromatic carbocycles. The van der Waals surface area contributed by atoms with E-state index < -0.39 is 0 Å². The number of nitrogens with one attached hydrogen (secondary N) is 1. The largest absolute Gasteiger partial charge is 0.399 e. The van der Waals surface area contributed by atoms with Crippen LogP contribution in [0, 0.1) is 0 Å². The minimum Gasteiger partial charge on any atom is -0.399 e. The van der Waals surface area contributed by atoms with Gasteiger partial charge in [0.05, 0.1) is 28.2 Å². The van der Waals surface area contributed by atoms with Gasteiger partial charge in [0.2, 0.25) is 0 Å². The number of nitrogen functional groups attached to an aromatic ring is 1. The molecule has 0 unspecified atom stereocenters. The van der Waals surface area contributed by atoms with Gasteiger partial charge in [0.1, 0.15) is 5.69 Å². The van der Waals surface area contributed by atoms with Crippen molar-refractivity contribution in [1.82, 2.24) is 15.2 Å². The number of hydrogen-bond acceptors (Lipinski definition) is 4. The molecule has 0 bridgehead atoms. The molecule has 2 aromatic heterocycles. The molecular weight excluding hydrogens is 326 g/mol. The molecule has 0 atom stereocenters. The molecule has 0 saturated carbocycles. The van der Waals surface area contributed by atoms with Gasteiger partial charge in [-0.25, -0.2) is 0 Å². The van der Waals surface area contributed by atoms with E-state index in [0.29, 0.717) is 34.9 Å². The first-order valence-corrected chi connectivity index (χ1v) is 7.87. The predicted octanol–water partition coefficient (Wildman–Crippen LogP) is 2.91. The van der Waals surface area contributed by atoms with E-state index in [4.69, 9.17) is 17.3 Å². The van der Waals surface area contributed by atoms with Crippen molar-refractivity contribution in [3.63, 3.8) is 0 Å². The molecule has 0 fully saturated rings. The quantitative estimate of drug-likeness (QED) is 0.667. The summed E-state index contributed by atoms with van der Waals surface area (Å²) in [5, 5.41) is 7.41. The summed E-state index contributed by atoms with van der Waals surface area (Å²) < 4.78 is 0. The number of pyridine rings is 1. The molecule has 1 aliphatic heterocycles. The molecule has 3 heterocycles. The highest BCUT2D eigenvalue weighted by Crippen LogP contribution is 2.34. The Balaban J connectivity index is 1.82. The average Bonchev–Trinajstić information content (AvgIpc) is 2.98. The minimum atomic E-state index is -0.174. The Morgan fingerprint density at radius 3 is 3.04 bits per heavy atom. The smallest absolute Gasteiger partial charge is 0.259 e. The van der Waals surface area contributed by atoms with Gasteiger partial charge in [-0.3, -0.25) is 14.9 Å². The van der Waals surface area contributed by atoms with Gasteiger partial charge in [-0.2, -0.15) is 5.10 Å². The van der Waals surface area contributed by atoms with E-state index in [1.165, 1.54) is 0 Å². The summed E-state index contributed by atoms with van der Waals surface area (Å²) in [6, 6.07) is 8.60. The first-order valence-electron chi connectivity index (χ1n) is 7.49. The number of amides is 1. The number of nitrogens with two attached hydrogens (primary N) is 1. The molecule has 1 aliphatic rings. The monoisotopic (exact) mass is 339 g/mol. The van der Waals surface area contributed by atoms with Crippen molar-refractivity contribution >= 4 is 28.9 Å². The van der Waals surface area contributed by atoms with Crippen molar-refractivity contribution in [2.75, 3.05) is 17.2 Å². The van der Waals surface area contributed by atoms with Crippen LogP contribution < -0.4 is 10.6 Å². The molecule has 120 valence electrons. The Morgan fingerprint density at radius 1 is 1.33 bits per heavy atom. The van der Waals surface area contributed by atoms with Crippen molar-refractivity contribution in [1.29, 1.82) is 0 Å². The number of H-pyrrole nitrogens is 1. The van der Waals surface area contributed by atoms with E-state index in [2.05, 4.69) is 15.2 Å². The number of hydrogen-bond donors (Lipinski definition) is 2. The lowest BCUT2D eigenvalue weighted by Crippen LogP contribution is -2.32. The van der Waals surface area contributed by atoms with E-state index in [0.717, 1.165) is 16.9 Å². The highest BCUT2D eigenvalue weighted by molar-refractivity contribution is 6.34. The lowest BCUT2D eigenvalue weighted by Gasteiger charge is -2.23. The zero-order chi connectivity index (χ0) is 16.7. The van der Waals surface area contributed by atoms with Crippen molar-refractivity contribution < 1.29 is 4.79 Å². The third-order valence-electron chi connectivity index (χ3n) is 4.11. The Hall–Kier alpha value is -2.86. The fourth-order valence-corrected chi connectivity index (χ4v) is 3.20. The number of fused-ring (bicyclic) bond motifs is 3. The molecule has 3 N–H and O–H groups in total. The van der Waals surface area contributed by atoms with Crippen molar-refractivity contribution in [3.8, 4) is 11.4 Å². The zero-order valence-electron chi connectivity index (χ0n) is 12.7. The first-order chi connectivity index (χ1) is 11.6. The van der Waals surface area contributed by atoms with Crippen molar-refractivity contribution in [2.45, 2.75) is 6.42 Å². The van der Waals surface area contributed by atoms with Crippen LogP contribution in [0.2, 0.25) is 5.02 Å². The van der Waals surface area contributed by atoms with Gasteiger partial charge in [-0.1, -0.05) is 11.6 Å². The van der Waals surface area contributed by atoms with Crippen molar-refractivity contribution in [2.24, 2.45) is 0 Å². The van der Waals surface area contributed by atoms with E-state index in [1.807, 2.05) is 12.1 Å². The Labute approximate surface area is 143 Å². The molecule has 4 rings (SSSR count). The summed E-state index contributed by atoms with van der Waals surface area (Å²) in [4.78, 5) is 19.2. The second-order valence-corrected chi connectivity index (χ2v) is 5.99. The van der Waals surface area contributed by atoms with Crippen LogP contribution in [-0.4, -0.2) is 27.6 Å². The fraction of sp³-hybridized carbons (Fsp3) is 0.118. The number of aromatic nitrogens is 3. The average molecular weight is 340 g/mol. The lowest BCUT2D eigenvalue weighted by atomic mass is 10.1. The second kappa shape index (κ2) is 5.65. The molecule has 3 aromatic rings. The van der Waals surface area contributed by atoms with Crippen LogP contribution in [0.5, 0.6) is 0 Å². The summed E-state index contributed by atoms with van der Waals surface area (Å²) in [5.74, 6) is -0.174. The van der Waals surface area contributed by atoms with Crippen LogP contribution in [0.3, 0.4) is 0 Å². The zero-order valence-corrected chi connectivity index (χ0v) is 13.4. The minimum absolute atomic E-state index is 0.174. The molecule has 6 nitrogen and oxygen atoms in total. The molecule has 0 aliphatic carbocycles. The normalized spacial score (nSPS) is 13.1. The standard InChI is InChI=1S/C17H14ClN5O/c18-13-8-11(19)3-4-12(13)17(24)23-7-5-10-9-21-22-15(10)16-14(23)2-1-6-20-16/h1-4,6,8-9H,5,7,19H2,(H,21,22). The number of halogens is 1. The van der Waals surface area contributed by atoms with Gasteiger partial charge in [0.25, 0.3) is 5.91 Å². The van der Waals surface area contributed by atoms with E-state index >= 15 is 0 Å². The van der Waals surface area contributed by atoms with Crippen LogP contribution in [0.1, 0.15) is 15.9 Å². The highest BCUT2D eigenvalue weighted by atomic mass is 35.5. The van der Waals surface area contributed by atoms with E-state index in [-0.39, 0.29) is 5.91 Å². The lowest BCUT2D eigenvalue weighted by molar-refractivity contribution is 0.0987. The predicted molar refractivity (Wildman–Crippen MR) is 93.1 cm³/mol. The molecular formula is C17H14ClN5O. The molecule has 24 heavy (non-hydrogen) atoms. The number of benzene rings is 1. The number of anilines is 2. The van der Waals surface area contributed by atoms with Crippen LogP contribution in [0.15, 0.2) is 42.7 Å². The summed E-state index contributed by atoms with van der Waals surface area (Å²) in [7, 11) is 0. The second-order valence-electron chi connectivity index (χ2n) is 5.59. The van der Waals surface area contributed by atoms with Gasteiger partial charge >= 0.3 is 0 Å². The van der Waals surface area contributed by atoms with Crippen molar-refractivity contribution in [3.05, 3.63) is 58.9 Å². The number of carbonyl (C=O) groups is 1. The Bertz CT molecular complexity index is 936. The SMILES string of the molecule is Nc1ccc(C(=O)N2CCc3cn[nH]c3-c3ncccc32)c(Cl)c1. The van der Waals surface area contributed by atoms with E-state index in [9.17, 15) is 4.79 Å².